The van der Waals surface area contributed by atoms with Gasteiger partial charge < -0.3 is 9.30 Å². The molecule has 148 valence electrons. The highest BCUT2D eigenvalue weighted by Crippen LogP contribution is 2.28. The number of hydrogen-bond acceptors (Lipinski definition) is 6. The number of aryl methyl sites for hydroxylation is 2. The van der Waals surface area contributed by atoms with Crippen LogP contribution in [0.2, 0.25) is 0 Å². The second-order valence-corrected chi connectivity index (χ2v) is 8.04. The van der Waals surface area contributed by atoms with Crippen molar-refractivity contribution in [3.63, 3.8) is 0 Å². The molecule has 0 amide bonds. The molecule has 0 N–H and O–H groups in total. The molecule has 3 aromatic rings. The molecule has 0 spiro atoms. The second kappa shape index (κ2) is 8.21. The molecule has 0 radical (unpaired) electrons. The molecular formula is C22H22N4O2S. The van der Waals surface area contributed by atoms with Gasteiger partial charge in [0.15, 0.2) is 16.8 Å². The fourth-order valence-corrected chi connectivity index (χ4v) is 4.01. The van der Waals surface area contributed by atoms with E-state index in [1.807, 2.05) is 67.9 Å². The molecule has 0 aliphatic carbocycles. The highest BCUT2D eigenvalue weighted by Gasteiger charge is 2.21. The van der Waals surface area contributed by atoms with E-state index < -0.39 is 0 Å². The highest BCUT2D eigenvalue weighted by atomic mass is 32.2. The lowest BCUT2D eigenvalue weighted by Crippen LogP contribution is -2.15. The fourth-order valence-electron chi connectivity index (χ4n) is 3.15. The molecule has 0 fully saturated rings. The number of rotatable bonds is 6. The second-order valence-electron chi connectivity index (χ2n) is 7.10. The van der Waals surface area contributed by atoms with Gasteiger partial charge in [-0.2, -0.15) is 0 Å². The Morgan fingerprint density at radius 3 is 2.79 bits per heavy atom. The number of ether oxygens (including phenoxy) is 1. The van der Waals surface area contributed by atoms with Gasteiger partial charge in [-0.05, 0) is 37.6 Å². The van der Waals surface area contributed by atoms with Gasteiger partial charge in [-0.25, -0.2) is 0 Å². The predicted octanol–water partition coefficient (Wildman–Crippen LogP) is 4.46. The quantitative estimate of drug-likeness (QED) is 0.565. The van der Waals surface area contributed by atoms with Gasteiger partial charge in [0.25, 0.3) is 0 Å². The molecule has 0 bridgehead atoms. The van der Waals surface area contributed by atoms with Crippen LogP contribution in [0.1, 0.15) is 33.7 Å². The summed E-state index contributed by atoms with van der Waals surface area (Å²) < 4.78 is 7.80. The number of ketones is 1. The number of hydrogen-bond donors (Lipinski definition) is 0. The van der Waals surface area contributed by atoms with Crippen LogP contribution in [0, 0.1) is 13.8 Å². The van der Waals surface area contributed by atoms with Gasteiger partial charge in [-0.1, -0.05) is 41.6 Å². The highest BCUT2D eigenvalue weighted by molar-refractivity contribution is 7.99. The molecule has 6 nitrogen and oxygen atoms in total. The van der Waals surface area contributed by atoms with Crippen LogP contribution in [-0.2, 0) is 13.7 Å². The summed E-state index contributed by atoms with van der Waals surface area (Å²) in [7, 11) is 1.92. The number of fused-ring (bicyclic) bond motifs is 1. The van der Waals surface area contributed by atoms with Crippen molar-refractivity contribution < 1.29 is 9.53 Å². The average Bonchev–Trinajstić information content (AvgIpc) is 3.06. The summed E-state index contributed by atoms with van der Waals surface area (Å²) in [4.78, 5) is 17.1. The molecule has 1 aromatic heterocycles. The number of nitrogens with zero attached hydrogens (tertiary/aromatic N) is 4. The molecule has 4 rings (SSSR count). The summed E-state index contributed by atoms with van der Waals surface area (Å²) >= 11 is 1.53. The molecule has 1 aliphatic rings. The maximum absolute atomic E-state index is 12.4. The SMILES string of the molecule is Cc1ccc2c(c1)C(=O)CC(CSc1nnc(COc3ccccc3C)n1C)=N2. The molecule has 0 saturated carbocycles. The summed E-state index contributed by atoms with van der Waals surface area (Å²) in [6, 6.07) is 13.7. The fraction of sp³-hybridized carbons (Fsp3) is 0.273. The predicted molar refractivity (Wildman–Crippen MR) is 114 cm³/mol. The third-order valence-corrected chi connectivity index (χ3v) is 5.93. The molecular weight excluding hydrogens is 384 g/mol. The van der Waals surface area contributed by atoms with Gasteiger partial charge in [0, 0.05) is 24.1 Å². The largest absolute Gasteiger partial charge is 0.485 e. The average molecular weight is 407 g/mol. The van der Waals surface area contributed by atoms with E-state index in [0.717, 1.165) is 39.3 Å². The zero-order valence-electron chi connectivity index (χ0n) is 16.7. The molecule has 0 saturated heterocycles. The Morgan fingerprint density at radius 2 is 1.97 bits per heavy atom. The molecule has 2 aromatic carbocycles. The first kappa shape index (κ1) is 19.4. The van der Waals surface area contributed by atoms with Gasteiger partial charge in [0.05, 0.1) is 12.1 Å². The van der Waals surface area contributed by atoms with Gasteiger partial charge in [0.1, 0.15) is 12.4 Å². The lowest BCUT2D eigenvalue weighted by molar-refractivity contribution is 0.0999. The molecule has 7 heteroatoms. The van der Waals surface area contributed by atoms with E-state index in [1.54, 1.807) is 0 Å². The monoisotopic (exact) mass is 406 g/mol. The van der Waals surface area contributed by atoms with E-state index in [4.69, 9.17) is 4.74 Å². The number of para-hydroxylation sites is 1. The van der Waals surface area contributed by atoms with Gasteiger partial charge in [0.2, 0.25) is 0 Å². The van der Waals surface area contributed by atoms with Crippen LogP contribution in [0.3, 0.4) is 0 Å². The molecule has 2 heterocycles. The normalized spacial score (nSPS) is 13.2. The van der Waals surface area contributed by atoms with Crippen LogP contribution in [-0.4, -0.2) is 32.0 Å². The number of aromatic nitrogens is 3. The summed E-state index contributed by atoms with van der Waals surface area (Å²) in [6.45, 7) is 4.34. The third kappa shape index (κ3) is 4.24. The lowest BCUT2D eigenvalue weighted by Gasteiger charge is -2.14. The maximum atomic E-state index is 12.4. The van der Waals surface area contributed by atoms with Crippen molar-refractivity contribution in [2.75, 3.05) is 5.75 Å². The first-order valence-electron chi connectivity index (χ1n) is 9.41. The molecule has 29 heavy (non-hydrogen) atoms. The van der Waals surface area contributed by atoms with E-state index >= 15 is 0 Å². The topological polar surface area (TPSA) is 69.4 Å². The zero-order chi connectivity index (χ0) is 20.4. The van der Waals surface area contributed by atoms with Crippen molar-refractivity contribution in [1.29, 1.82) is 0 Å². The van der Waals surface area contributed by atoms with E-state index in [9.17, 15) is 4.79 Å². The van der Waals surface area contributed by atoms with Crippen molar-refractivity contribution >= 4 is 28.9 Å². The van der Waals surface area contributed by atoms with Crippen molar-refractivity contribution in [3.8, 4) is 5.75 Å². The van der Waals surface area contributed by atoms with Gasteiger partial charge in [-0.15, -0.1) is 10.2 Å². The molecule has 0 atom stereocenters. The minimum Gasteiger partial charge on any atom is -0.485 e. The van der Waals surface area contributed by atoms with E-state index in [-0.39, 0.29) is 5.78 Å². The Morgan fingerprint density at radius 1 is 1.14 bits per heavy atom. The lowest BCUT2D eigenvalue weighted by atomic mass is 9.99. The number of thioether (sulfide) groups is 1. The van der Waals surface area contributed by atoms with E-state index in [2.05, 4.69) is 15.2 Å². The molecule has 0 unspecified atom stereocenters. The number of carbonyl (C=O) groups excluding carboxylic acids is 1. The zero-order valence-corrected chi connectivity index (χ0v) is 17.5. The van der Waals surface area contributed by atoms with Gasteiger partial charge >= 0.3 is 0 Å². The first-order valence-corrected chi connectivity index (χ1v) is 10.4. The van der Waals surface area contributed by atoms with E-state index in [1.165, 1.54) is 11.8 Å². The van der Waals surface area contributed by atoms with Crippen LogP contribution in [0.5, 0.6) is 5.75 Å². The first-order chi connectivity index (χ1) is 14.0. The third-order valence-electron chi connectivity index (χ3n) is 4.84. The van der Waals surface area contributed by atoms with Crippen LogP contribution in [0.4, 0.5) is 5.69 Å². The van der Waals surface area contributed by atoms with Crippen LogP contribution in [0.15, 0.2) is 52.6 Å². The maximum Gasteiger partial charge on any atom is 0.191 e. The van der Waals surface area contributed by atoms with Crippen molar-refractivity contribution in [2.24, 2.45) is 12.0 Å². The number of Topliss-reactive ketones (excluding diaryl/α,β-unsaturated/α-hetero) is 1. The smallest absolute Gasteiger partial charge is 0.191 e. The number of carbonyl (C=O) groups is 1. The van der Waals surface area contributed by atoms with Crippen molar-refractivity contribution in [2.45, 2.75) is 32.0 Å². The Bertz CT molecular complexity index is 1100. The van der Waals surface area contributed by atoms with Gasteiger partial charge in [-0.3, -0.25) is 9.79 Å². The summed E-state index contributed by atoms with van der Waals surface area (Å²) in [5, 5.41) is 9.29. The number of aliphatic imine (C=N–C) groups is 1. The standard InChI is InChI=1S/C22H22N4O2S/c1-14-8-9-18-17(10-14)19(27)11-16(23-18)13-29-22-25-24-21(26(22)3)12-28-20-7-5-4-6-15(20)2/h4-10H,11-13H2,1-3H3. The van der Waals surface area contributed by atoms with Crippen LogP contribution >= 0.6 is 11.8 Å². The Labute approximate surface area is 174 Å². The Hall–Kier alpha value is -2.93. The Kier molecular flexibility index (Phi) is 5.49. The number of benzene rings is 2. The summed E-state index contributed by atoms with van der Waals surface area (Å²) in [6.07, 6.45) is 0.352. The van der Waals surface area contributed by atoms with Crippen molar-refractivity contribution in [3.05, 3.63) is 65.0 Å². The van der Waals surface area contributed by atoms with E-state index in [0.29, 0.717) is 24.3 Å². The van der Waals surface area contributed by atoms with Crippen molar-refractivity contribution in [1.82, 2.24) is 14.8 Å². The minimum atomic E-state index is 0.125. The summed E-state index contributed by atoms with van der Waals surface area (Å²) in [5.41, 5.74) is 4.49. The molecule has 1 aliphatic heterocycles. The van der Waals surface area contributed by atoms with Crippen LogP contribution < -0.4 is 4.74 Å². The Balaban J connectivity index is 1.41. The summed E-state index contributed by atoms with van der Waals surface area (Å²) in [5.74, 6) is 2.32. The van der Waals surface area contributed by atoms with Crippen LogP contribution in [0.25, 0.3) is 0 Å². The minimum absolute atomic E-state index is 0.125.